The van der Waals surface area contributed by atoms with Crippen LogP contribution in [0.3, 0.4) is 0 Å². The van der Waals surface area contributed by atoms with Crippen LogP contribution in [0.4, 0.5) is 16.3 Å². The van der Waals surface area contributed by atoms with Crippen LogP contribution in [0.1, 0.15) is 24.2 Å². The van der Waals surface area contributed by atoms with E-state index < -0.39 is 21.6 Å². The summed E-state index contributed by atoms with van der Waals surface area (Å²) in [7, 11) is -3.76. The molecule has 2 saturated heterocycles. The van der Waals surface area contributed by atoms with Crippen molar-refractivity contribution in [2.24, 2.45) is 0 Å². The number of rotatable bonds is 7. The van der Waals surface area contributed by atoms with Crippen molar-refractivity contribution in [1.82, 2.24) is 19.7 Å². The van der Waals surface area contributed by atoms with Gasteiger partial charge in [-0.2, -0.15) is 15.0 Å². The topological polar surface area (TPSA) is 101 Å². The first-order valence-corrected chi connectivity index (χ1v) is 11.7. The maximum absolute atomic E-state index is 13.8. The summed E-state index contributed by atoms with van der Waals surface area (Å²) in [6, 6.07) is 5.83. The average Bonchev–Trinajstić information content (AvgIpc) is 3.29. The molecular weight excluding hydrogens is 411 g/mol. The number of nitrogens with one attached hydrogen (secondary N) is 1. The molecule has 9 nitrogen and oxygen atoms in total. The Labute approximate surface area is 175 Å². The van der Waals surface area contributed by atoms with E-state index in [1.807, 2.05) is 4.90 Å². The molecule has 0 spiro atoms. The largest absolute Gasteiger partial charge is 0.378 e. The Morgan fingerprint density at radius 1 is 0.967 bits per heavy atom. The summed E-state index contributed by atoms with van der Waals surface area (Å²) < 4.78 is 46.6. The number of anilines is 2. The van der Waals surface area contributed by atoms with Crippen LogP contribution in [0.5, 0.6) is 0 Å². The first-order chi connectivity index (χ1) is 14.5. The van der Waals surface area contributed by atoms with Crippen LogP contribution in [0.15, 0.2) is 24.3 Å². The van der Waals surface area contributed by atoms with Crippen LogP contribution < -0.4 is 14.5 Å². The first kappa shape index (κ1) is 20.9. The van der Waals surface area contributed by atoms with Gasteiger partial charge >= 0.3 is 0 Å². The van der Waals surface area contributed by atoms with Gasteiger partial charge in [-0.15, -0.1) is 0 Å². The minimum atomic E-state index is -3.76. The van der Waals surface area contributed by atoms with Crippen LogP contribution in [0.2, 0.25) is 0 Å². The predicted molar refractivity (Wildman–Crippen MR) is 110 cm³/mol. The van der Waals surface area contributed by atoms with E-state index in [0.717, 1.165) is 25.9 Å². The molecule has 0 amide bonds. The molecule has 0 atom stereocenters. The molecule has 30 heavy (non-hydrogen) atoms. The maximum atomic E-state index is 13.8. The van der Waals surface area contributed by atoms with Crippen LogP contribution in [0.25, 0.3) is 0 Å². The second-order valence-corrected chi connectivity index (χ2v) is 9.12. The van der Waals surface area contributed by atoms with E-state index in [2.05, 4.69) is 24.6 Å². The third kappa shape index (κ3) is 5.21. The van der Waals surface area contributed by atoms with Gasteiger partial charge in [-0.3, -0.25) is 0 Å². The third-order valence-corrected chi connectivity index (χ3v) is 6.37. The fourth-order valence-corrected chi connectivity index (χ4v) is 4.58. The fourth-order valence-electron chi connectivity index (χ4n) is 3.48. The Kier molecular flexibility index (Phi) is 6.40. The van der Waals surface area contributed by atoms with Crippen molar-refractivity contribution in [3.8, 4) is 0 Å². The van der Waals surface area contributed by atoms with Gasteiger partial charge in [0.05, 0.1) is 25.5 Å². The number of hydrogen-bond acceptors (Lipinski definition) is 8. The number of ether oxygens (including phenoxy) is 1. The van der Waals surface area contributed by atoms with E-state index in [9.17, 15) is 12.8 Å². The summed E-state index contributed by atoms with van der Waals surface area (Å²) in [6.45, 7) is 4.17. The summed E-state index contributed by atoms with van der Waals surface area (Å²) >= 11 is 0. The second-order valence-electron chi connectivity index (χ2n) is 7.32. The quantitative estimate of drug-likeness (QED) is 0.688. The number of halogens is 1. The van der Waals surface area contributed by atoms with E-state index in [-0.39, 0.29) is 12.1 Å². The normalized spacial score (nSPS) is 17.5. The molecule has 2 aromatic rings. The van der Waals surface area contributed by atoms with Gasteiger partial charge in [0.15, 0.2) is 5.82 Å². The van der Waals surface area contributed by atoms with Gasteiger partial charge in [0.25, 0.3) is 0 Å². The van der Waals surface area contributed by atoms with Gasteiger partial charge in [-0.1, -0.05) is 18.2 Å². The van der Waals surface area contributed by atoms with Crippen molar-refractivity contribution in [3.63, 3.8) is 0 Å². The van der Waals surface area contributed by atoms with Crippen molar-refractivity contribution < 1.29 is 17.5 Å². The monoisotopic (exact) mass is 436 g/mol. The summed E-state index contributed by atoms with van der Waals surface area (Å²) in [5.41, 5.74) is 0.118. The van der Waals surface area contributed by atoms with E-state index >= 15 is 0 Å². The standard InChI is InChI=1S/C19H25FN6O3S/c20-16-6-2-1-5-15(16)14-30(27,28)21-13-17-22-18(25-7-3-4-8-25)24-19(23-17)26-9-11-29-12-10-26/h1-2,5-6,21H,3-4,7-14H2. The molecule has 0 saturated carbocycles. The smallest absolute Gasteiger partial charge is 0.230 e. The maximum Gasteiger partial charge on any atom is 0.230 e. The zero-order chi connectivity index (χ0) is 21.0. The minimum absolute atomic E-state index is 0.0858. The lowest BCUT2D eigenvalue weighted by atomic mass is 10.2. The van der Waals surface area contributed by atoms with E-state index in [1.165, 1.54) is 18.2 Å². The van der Waals surface area contributed by atoms with E-state index in [0.29, 0.717) is 44.0 Å². The lowest BCUT2D eigenvalue weighted by molar-refractivity contribution is 0.122. The Balaban J connectivity index is 1.52. The molecule has 1 N–H and O–H groups in total. The van der Waals surface area contributed by atoms with E-state index in [1.54, 1.807) is 6.07 Å². The summed E-state index contributed by atoms with van der Waals surface area (Å²) in [5, 5.41) is 0. The van der Waals surface area contributed by atoms with Crippen molar-refractivity contribution in [2.45, 2.75) is 25.1 Å². The molecular formula is C19H25FN6O3S. The van der Waals surface area contributed by atoms with Crippen LogP contribution in [-0.2, 0) is 27.1 Å². The lowest BCUT2D eigenvalue weighted by Gasteiger charge is -2.28. The predicted octanol–water partition coefficient (Wildman–Crippen LogP) is 1.07. The number of hydrogen-bond donors (Lipinski definition) is 1. The third-order valence-electron chi connectivity index (χ3n) is 5.09. The number of benzene rings is 1. The zero-order valence-electron chi connectivity index (χ0n) is 16.6. The van der Waals surface area contributed by atoms with Crippen molar-refractivity contribution >= 4 is 21.9 Å². The number of nitrogens with zero attached hydrogens (tertiary/aromatic N) is 5. The van der Waals surface area contributed by atoms with E-state index in [4.69, 9.17) is 4.74 Å². The summed E-state index contributed by atoms with van der Waals surface area (Å²) in [4.78, 5) is 17.7. The van der Waals surface area contributed by atoms with Crippen molar-refractivity contribution in [2.75, 3.05) is 49.2 Å². The Morgan fingerprint density at radius 2 is 1.60 bits per heavy atom. The minimum Gasteiger partial charge on any atom is -0.378 e. The molecule has 0 radical (unpaired) electrons. The molecule has 162 valence electrons. The molecule has 3 heterocycles. The molecule has 0 bridgehead atoms. The highest BCUT2D eigenvalue weighted by Crippen LogP contribution is 2.20. The highest BCUT2D eigenvalue weighted by Gasteiger charge is 2.22. The fraction of sp³-hybridized carbons (Fsp3) is 0.526. The summed E-state index contributed by atoms with van der Waals surface area (Å²) in [5.74, 6) is 0.435. The molecule has 1 aromatic carbocycles. The van der Waals surface area contributed by atoms with Crippen molar-refractivity contribution in [1.29, 1.82) is 0 Å². The van der Waals surface area contributed by atoms with Gasteiger partial charge in [-0.05, 0) is 18.9 Å². The number of aromatic nitrogens is 3. The molecule has 11 heteroatoms. The molecule has 2 aliphatic heterocycles. The Bertz CT molecular complexity index is 978. The van der Waals surface area contributed by atoms with Crippen LogP contribution in [-0.4, -0.2) is 62.8 Å². The molecule has 1 aromatic heterocycles. The number of morpholine rings is 1. The first-order valence-electron chi connectivity index (χ1n) is 10.0. The van der Waals surface area contributed by atoms with Crippen molar-refractivity contribution in [3.05, 3.63) is 41.5 Å². The zero-order valence-corrected chi connectivity index (χ0v) is 17.4. The van der Waals surface area contributed by atoms with Gasteiger partial charge in [-0.25, -0.2) is 17.5 Å². The highest BCUT2D eigenvalue weighted by molar-refractivity contribution is 7.88. The van der Waals surface area contributed by atoms with Gasteiger partial charge < -0.3 is 14.5 Å². The molecule has 4 rings (SSSR count). The molecule has 2 fully saturated rings. The summed E-state index contributed by atoms with van der Waals surface area (Å²) in [6.07, 6.45) is 2.15. The SMILES string of the molecule is O=S(=O)(Cc1ccccc1F)NCc1nc(N2CCCC2)nc(N2CCOCC2)n1. The average molecular weight is 437 g/mol. The van der Waals surface area contributed by atoms with Crippen LogP contribution >= 0.6 is 0 Å². The molecule has 2 aliphatic rings. The van der Waals surface area contributed by atoms with Gasteiger partial charge in [0.2, 0.25) is 21.9 Å². The lowest BCUT2D eigenvalue weighted by Crippen LogP contribution is -2.38. The molecule has 0 unspecified atom stereocenters. The number of sulfonamides is 1. The van der Waals surface area contributed by atoms with Crippen LogP contribution in [0, 0.1) is 5.82 Å². The highest BCUT2D eigenvalue weighted by atomic mass is 32.2. The Hall–Kier alpha value is -2.37. The molecule has 0 aliphatic carbocycles. The Morgan fingerprint density at radius 3 is 2.27 bits per heavy atom. The second kappa shape index (κ2) is 9.19. The van der Waals surface area contributed by atoms with Gasteiger partial charge in [0.1, 0.15) is 5.82 Å². The van der Waals surface area contributed by atoms with Gasteiger partial charge in [0, 0.05) is 31.7 Å².